The largest absolute Gasteiger partial charge is 0.508 e. The number of aryl methyl sites for hydroxylation is 4. The maximum atomic E-state index is 13.4. The van der Waals surface area contributed by atoms with Crippen LogP contribution in [0.5, 0.6) is 5.75 Å². The number of H-pyrrole nitrogens is 2. The van der Waals surface area contributed by atoms with E-state index in [1.165, 1.54) is 6.07 Å². The van der Waals surface area contributed by atoms with E-state index in [1.54, 1.807) is 43.6 Å². The lowest BCUT2D eigenvalue weighted by molar-refractivity contribution is 0.471. The third kappa shape index (κ3) is 6.98. The lowest BCUT2D eigenvalue weighted by Gasteiger charge is -2.08. The molecule has 0 saturated heterocycles. The summed E-state index contributed by atoms with van der Waals surface area (Å²) in [6.07, 6.45) is 3.32. The van der Waals surface area contributed by atoms with Crippen LogP contribution in [0.25, 0.3) is 22.5 Å². The van der Waals surface area contributed by atoms with E-state index in [0.717, 1.165) is 50.6 Å². The second kappa shape index (κ2) is 13.8. The van der Waals surface area contributed by atoms with Gasteiger partial charge in [0.15, 0.2) is 0 Å². The fourth-order valence-corrected chi connectivity index (χ4v) is 5.28. The molecule has 48 heavy (non-hydrogen) atoms. The topological polar surface area (TPSA) is 175 Å². The smallest absolute Gasteiger partial charge is 0.227 e. The molecular weight excluding hydrogens is 607 g/mol. The molecule has 4 heterocycles. The number of aromatic nitrogens is 6. The minimum atomic E-state index is -0.252. The lowest BCUT2D eigenvalue weighted by atomic mass is 10.1. The van der Waals surface area contributed by atoms with Crippen LogP contribution in [0.4, 0.5) is 27.7 Å². The van der Waals surface area contributed by atoms with Gasteiger partial charge in [-0.1, -0.05) is 6.07 Å². The molecule has 0 aliphatic heterocycles. The van der Waals surface area contributed by atoms with Gasteiger partial charge in [0.25, 0.3) is 0 Å². The van der Waals surface area contributed by atoms with Gasteiger partial charge in [0.05, 0.1) is 11.4 Å². The molecule has 4 aromatic heterocycles. The van der Waals surface area contributed by atoms with Crippen molar-refractivity contribution in [3.63, 3.8) is 0 Å². The van der Waals surface area contributed by atoms with Crippen molar-refractivity contribution in [2.45, 2.75) is 41.5 Å². The Morgan fingerprint density at radius 3 is 1.58 bits per heavy atom. The van der Waals surface area contributed by atoms with Crippen LogP contribution in [0.15, 0.2) is 60.9 Å². The Morgan fingerprint density at radius 1 is 0.667 bits per heavy atom. The van der Waals surface area contributed by atoms with Gasteiger partial charge >= 0.3 is 0 Å². The zero-order valence-electron chi connectivity index (χ0n) is 27.3. The van der Waals surface area contributed by atoms with E-state index in [9.17, 15) is 9.50 Å². The number of aromatic hydroxyl groups is 1. The highest BCUT2D eigenvalue weighted by Gasteiger charge is 2.16. The number of aromatic amines is 2. The Kier molecular flexibility index (Phi) is 9.48. The molecule has 6 rings (SSSR count). The maximum Gasteiger partial charge on any atom is 0.227 e. The van der Waals surface area contributed by atoms with Gasteiger partial charge in [-0.3, -0.25) is 0 Å². The summed E-state index contributed by atoms with van der Waals surface area (Å²) in [5, 5.41) is 34.3. The van der Waals surface area contributed by atoms with Crippen LogP contribution in [-0.4, -0.2) is 35.0 Å². The predicted molar refractivity (Wildman–Crippen MR) is 183 cm³/mol. The van der Waals surface area contributed by atoms with E-state index >= 15 is 0 Å². The van der Waals surface area contributed by atoms with Crippen LogP contribution >= 0.6 is 0 Å². The summed E-state index contributed by atoms with van der Waals surface area (Å²) >= 11 is 0. The number of anilines is 4. The Balaban J connectivity index is 0.000000188. The van der Waals surface area contributed by atoms with Crippen molar-refractivity contribution < 1.29 is 9.50 Å². The Labute approximate surface area is 277 Å². The van der Waals surface area contributed by atoms with Crippen LogP contribution < -0.4 is 10.6 Å². The summed E-state index contributed by atoms with van der Waals surface area (Å²) in [6.45, 7) is 11.1. The van der Waals surface area contributed by atoms with Gasteiger partial charge in [-0.2, -0.15) is 10.5 Å². The predicted octanol–water partition coefficient (Wildman–Crippen LogP) is 7.87. The monoisotopic (exact) mass is 640 g/mol. The highest BCUT2D eigenvalue weighted by atomic mass is 19.1. The van der Waals surface area contributed by atoms with Crippen LogP contribution in [0.1, 0.15) is 45.0 Å². The van der Waals surface area contributed by atoms with Gasteiger partial charge in [0.1, 0.15) is 35.1 Å². The normalized spacial score (nSPS) is 10.4. The first-order chi connectivity index (χ1) is 23.0. The van der Waals surface area contributed by atoms with Gasteiger partial charge in [0, 0.05) is 52.3 Å². The summed E-state index contributed by atoms with van der Waals surface area (Å²) in [7, 11) is 0. The number of hydrogen-bond donors (Lipinski definition) is 5. The van der Waals surface area contributed by atoms with Crippen molar-refractivity contribution in [1.29, 1.82) is 10.5 Å². The highest BCUT2D eigenvalue weighted by molar-refractivity contribution is 5.72. The number of rotatable bonds is 6. The van der Waals surface area contributed by atoms with E-state index < -0.39 is 0 Å². The van der Waals surface area contributed by atoms with Gasteiger partial charge in [-0.25, -0.2) is 24.3 Å². The van der Waals surface area contributed by atoms with Gasteiger partial charge in [-0.05, 0) is 100 Å². The number of benzene rings is 2. The quantitative estimate of drug-likeness (QED) is 0.121. The molecule has 0 aliphatic carbocycles. The number of phenolic OH excluding ortho intramolecular Hbond substituents is 1. The zero-order valence-corrected chi connectivity index (χ0v) is 27.3. The van der Waals surface area contributed by atoms with E-state index in [-0.39, 0.29) is 11.6 Å². The minimum Gasteiger partial charge on any atom is -0.508 e. The van der Waals surface area contributed by atoms with Crippen molar-refractivity contribution in [1.82, 2.24) is 29.9 Å². The average Bonchev–Trinajstić information content (AvgIpc) is 3.53. The summed E-state index contributed by atoms with van der Waals surface area (Å²) in [5.74, 6) is 0.802. The molecule has 0 radical (unpaired) electrons. The van der Waals surface area contributed by atoms with Crippen LogP contribution in [0, 0.1) is 70.0 Å². The Hall–Kier alpha value is -6.53. The van der Waals surface area contributed by atoms with Crippen molar-refractivity contribution in [2.75, 3.05) is 10.6 Å². The first-order valence-corrected chi connectivity index (χ1v) is 14.9. The third-order valence-corrected chi connectivity index (χ3v) is 7.80. The van der Waals surface area contributed by atoms with E-state index in [4.69, 9.17) is 10.5 Å². The number of nitrogens with zero attached hydrogens (tertiary/aromatic N) is 6. The molecule has 0 bridgehead atoms. The van der Waals surface area contributed by atoms with Crippen molar-refractivity contribution >= 4 is 23.3 Å². The number of hydrogen-bond acceptors (Lipinski definition) is 9. The molecular formula is C36H33FN10O. The van der Waals surface area contributed by atoms with Crippen molar-refractivity contribution in [2.24, 2.45) is 0 Å². The van der Waals surface area contributed by atoms with Gasteiger partial charge in [-0.15, -0.1) is 0 Å². The Bertz CT molecular complexity index is 2060. The second-order valence-corrected chi connectivity index (χ2v) is 11.2. The molecule has 6 aromatic rings. The molecule has 5 N–H and O–H groups in total. The number of phenols is 1. The minimum absolute atomic E-state index is 0.215. The van der Waals surface area contributed by atoms with Crippen LogP contribution in [0.2, 0.25) is 0 Å². The SMILES string of the molecule is Cc1cc(Nc2nccc(-c3c(C)[nH]c(C#N)c3C)n2)ccc1F.Cc1ccc(Nc2nccc(-c3c(C)[nH]c(C#N)c3C)n2)cc1O. The zero-order chi connectivity index (χ0) is 34.5. The maximum absolute atomic E-state index is 13.4. The molecule has 0 unspecified atom stereocenters. The molecule has 0 fully saturated rings. The highest BCUT2D eigenvalue weighted by Crippen LogP contribution is 2.30. The van der Waals surface area contributed by atoms with Crippen LogP contribution in [0.3, 0.4) is 0 Å². The lowest BCUT2D eigenvalue weighted by Crippen LogP contribution is -1.99. The summed E-state index contributed by atoms with van der Waals surface area (Å²) in [6, 6.07) is 17.9. The third-order valence-electron chi connectivity index (χ3n) is 7.80. The summed E-state index contributed by atoms with van der Waals surface area (Å²) in [4.78, 5) is 23.6. The number of nitriles is 2. The van der Waals surface area contributed by atoms with Crippen LogP contribution in [-0.2, 0) is 0 Å². The van der Waals surface area contributed by atoms with E-state index in [0.29, 0.717) is 40.2 Å². The molecule has 0 atom stereocenters. The first-order valence-electron chi connectivity index (χ1n) is 14.9. The molecule has 0 aliphatic rings. The molecule has 240 valence electrons. The van der Waals surface area contributed by atoms with E-state index in [1.807, 2.05) is 52.8 Å². The van der Waals surface area contributed by atoms with Gasteiger partial charge in [0.2, 0.25) is 11.9 Å². The molecule has 2 aromatic carbocycles. The molecule has 12 heteroatoms. The number of nitrogens with one attached hydrogen (secondary N) is 4. The molecule has 0 spiro atoms. The standard InChI is InChI=1S/C18H16FN5.C18H17N5O/c1-10-8-13(4-5-14(10)19)23-18-21-7-6-15(24-18)17-11(2)16(9-20)22-12(17)3;1-10-4-5-13(8-16(10)24)22-18-20-7-6-14(23-18)17-11(2)15(9-19)21-12(17)3/h4-8,22H,1-3H3,(H,21,23,24);4-8,21,24H,1-3H3,(H,20,22,23). The average molecular weight is 641 g/mol. The summed E-state index contributed by atoms with van der Waals surface area (Å²) < 4.78 is 13.4. The first kappa shape index (κ1) is 32.9. The molecule has 0 amide bonds. The van der Waals surface area contributed by atoms with E-state index in [2.05, 4.69) is 52.7 Å². The van der Waals surface area contributed by atoms with Gasteiger partial charge < -0.3 is 25.7 Å². The molecule has 0 saturated carbocycles. The van der Waals surface area contributed by atoms with Crippen molar-refractivity contribution in [3.8, 4) is 40.4 Å². The number of halogens is 1. The van der Waals surface area contributed by atoms with Crippen molar-refractivity contribution in [3.05, 3.63) is 112 Å². The second-order valence-electron chi connectivity index (χ2n) is 11.2. The fourth-order valence-electron chi connectivity index (χ4n) is 5.28. The Morgan fingerprint density at radius 2 is 1.15 bits per heavy atom. The molecule has 11 nitrogen and oxygen atoms in total. The summed E-state index contributed by atoms with van der Waals surface area (Å²) in [5.41, 5.74) is 10.6. The fraction of sp³-hybridized carbons (Fsp3) is 0.167.